The van der Waals surface area contributed by atoms with Crippen LogP contribution >= 0.6 is 11.8 Å². The van der Waals surface area contributed by atoms with Gasteiger partial charge in [0.1, 0.15) is 17.8 Å². The number of hydrazine groups is 1. The number of carbonyl (C=O) groups excluding carboxylic acids is 1. The molecule has 0 fully saturated rings. The van der Waals surface area contributed by atoms with Gasteiger partial charge < -0.3 is 9.47 Å². The van der Waals surface area contributed by atoms with E-state index >= 15 is 0 Å². The van der Waals surface area contributed by atoms with Gasteiger partial charge in [-0.05, 0) is 67.6 Å². The SMILES string of the molecule is COc1cc(C)cc(-c2ncn[nH]2)c1.COc1cc(C)cc(C(=N)SC)c1.NNC=O. The summed E-state index contributed by atoms with van der Waals surface area (Å²) in [7, 11) is 3.29. The first-order valence-electron chi connectivity index (χ1n) is 9.08. The van der Waals surface area contributed by atoms with E-state index in [-0.39, 0.29) is 0 Å². The Bertz CT molecular complexity index is 964. The van der Waals surface area contributed by atoms with E-state index in [9.17, 15) is 0 Å². The lowest BCUT2D eigenvalue weighted by Crippen LogP contribution is -2.18. The molecule has 0 atom stereocenters. The minimum Gasteiger partial charge on any atom is -0.497 e. The van der Waals surface area contributed by atoms with Crippen LogP contribution in [0.5, 0.6) is 11.5 Å². The molecule has 5 N–H and O–H groups in total. The van der Waals surface area contributed by atoms with Gasteiger partial charge in [0.25, 0.3) is 0 Å². The summed E-state index contributed by atoms with van der Waals surface area (Å²) in [6, 6.07) is 11.8. The van der Waals surface area contributed by atoms with E-state index < -0.39 is 0 Å². The lowest BCUT2D eigenvalue weighted by Gasteiger charge is -2.05. The number of carbonyl (C=O) groups is 1. The van der Waals surface area contributed by atoms with Crippen LogP contribution < -0.4 is 20.7 Å². The molecule has 1 aromatic heterocycles. The van der Waals surface area contributed by atoms with Gasteiger partial charge in [0.15, 0.2) is 5.82 Å². The first-order valence-corrected chi connectivity index (χ1v) is 10.3. The monoisotopic (exact) mass is 444 g/mol. The number of benzene rings is 2. The number of amides is 1. The number of thioether (sulfide) groups is 1. The van der Waals surface area contributed by atoms with Gasteiger partial charge in [-0.2, -0.15) is 5.10 Å². The van der Waals surface area contributed by atoms with Crippen molar-refractivity contribution in [2.24, 2.45) is 5.84 Å². The summed E-state index contributed by atoms with van der Waals surface area (Å²) in [6.07, 6.45) is 3.79. The molecule has 0 unspecified atom stereocenters. The van der Waals surface area contributed by atoms with E-state index in [2.05, 4.69) is 21.0 Å². The normalized spacial score (nSPS) is 9.35. The van der Waals surface area contributed by atoms with Crippen molar-refractivity contribution in [3.8, 4) is 22.9 Å². The molecule has 1 heterocycles. The summed E-state index contributed by atoms with van der Waals surface area (Å²) < 4.78 is 10.3. The van der Waals surface area contributed by atoms with Crippen LogP contribution in [0.1, 0.15) is 16.7 Å². The predicted molar refractivity (Wildman–Crippen MR) is 125 cm³/mol. The lowest BCUT2D eigenvalue weighted by molar-refractivity contribution is -0.109. The van der Waals surface area contributed by atoms with E-state index in [1.165, 1.54) is 18.1 Å². The fourth-order valence-electron chi connectivity index (χ4n) is 2.46. The Hall–Kier alpha value is -3.37. The highest BCUT2D eigenvalue weighted by atomic mass is 32.2. The standard InChI is InChI=1S/C10H11N3O.C10H13NOS.CH4N2O/c1-7-3-8(5-9(4-7)14-2)10-11-6-12-13-10;1-7-4-8(10(11)13-3)6-9(5-7)12-2;2-3-1-4/h3-6H,1-2H3,(H,11,12,13);4-6,11H,1-3H3;1H,2H2,(H,3,4). The van der Waals surface area contributed by atoms with E-state index in [4.69, 9.17) is 19.7 Å². The summed E-state index contributed by atoms with van der Waals surface area (Å²) in [5, 5.41) is 14.8. The average molecular weight is 445 g/mol. The van der Waals surface area contributed by atoms with Crippen LogP contribution in [0.2, 0.25) is 0 Å². The second-order valence-electron chi connectivity index (χ2n) is 6.13. The van der Waals surface area contributed by atoms with Crippen LogP contribution in [-0.2, 0) is 4.79 Å². The molecule has 1 amide bonds. The van der Waals surface area contributed by atoms with Crippen molar-refractivity contribution in [3.05, 3.63) is 59.4 Å². The summed E-state index contributed by atoms with van der Waals surface area (Å²) in [6.45, 7) is 4.02. The molecule has 0 saturated heterocycles. The number of aryl methyl sites for hydroxylation is 2. The molecular weight excluding hydrogens is 416 g/mol. The van der Waals surface area contributed by atoms with Crippen LogP contribution in [-0.4, -0.2) is 47.1 Å². The van der Waals surface area contributed by atoms with E-state index in [0.29, 0.717) is 11.5 Å². The van der Waals surface area contributed by atoms with Crippen molar-refractivity contribution in [1.82, 2.24) is 20.6 Å². The molecule has 166 valence electrons. The maximum atomic E-state index is 8.94. The van der Waals surface area contributed by atoms with E-state index in [1.54, 1.807) is 19.6 Å². The zero-order valence-electron chi connectivity index (χ0n) is 18.2. The number of ether oxygens (including phenoxy) is 2. The summed E-state index contributed by atoms with van der Waals surface area (Å²) in [5.41, 5.74) is 5.91. The topological polar surface area (TPSA) is 139 Å². The van der Waals surface area contributed by atoms with Gasteiger partial charge in [0.05, 0.1) is 19.3 Å². The van der Waals surface area contributed by atoms with Gasteiger partial charge in [0.2, 0.25) is 6.41 Å². The highest BCUT2D eigenvalue weighted by Gasteiger charge is 2.04. The van der Waals surface area contributed by atoms with Crippen molar-refractivity contribution in [3.63, 3.8) is 0 Å². The number of rotatable bonds is 5. The molecule has 31 heavy (non-hydrogen) atoms. The minimum atomic E-state index is 0.403. The van der Waals surface area contributed by atoms with Crippen molar-refractivity contribution in [1.29, 1.82) is 5.41 Å². The molecule has 3 aromatic rings. The van der Waals surface area contributed by atoms with Crippen LogP contribution in [0.3, 0.4) is 0 Å². The van der Waals surface area contributed by atoms with E-state index in [1.807, 2.05) is 56.5 Å². The molecule has 0 aliphatic heterocycles. The third-order valence-electron chi connectivity index (χ3n) is 3.80. The molecule has 0 bridgehead atoms. The van der Waals surface area contributed by atoms with Gasteiger partial charge in [-0.15, -0.1) is 11.8 Å². The molecule has 9 nitrogen and oxygen atoms in total. The Morgan fingerprint density at radius 2 is 1.68 bits per heavy atom. The first-order chi connectivity index (χ1) is 14.9. The van der Waals surface area contributed by atoms with Crippen molar-refractivity contribution in [2.45, 2.75) is 13.8 Å². The van der Waals surface area contributed by atoms with Crippen molar-refractivity contribution >= 4 is 23.2 Å². The maximum absolute atomic E-state index is 8.94. The van der Waals surface area contributed by atoms with Gasteiger partial charge in [-0.1, -0.05) is 0 Å². The van der Waals surface area contributed by atoms with Gasteiger partial charge in [0, 0.05) is 11.1 Å². The van der Waals surface area contributed by atoms with Crippen LogP contribution in [0.4, 0.5) is 0 Å². The molecule has 3 rings (SSSR count). The zero-order chi connectivity index (χ0) is 23.2. The second-order valence-corrected chi connectivity index (χ2v) is 6.95. The fourth-order valence-corrected chi connectivity index (χ4v) is 2.82. The van der Waals surface area contributed by atoms with Crippen LogP contribution in [0, 0.1) is 19.3 Å². The number of nitrogens with two attached hydrogens (primary N) is 1. The highest BCUT2D eigenvalue weighted by Crippen LogP contribution is 2.22. The molecule has 0 aliphatic carbocycles. The number of H-pyrrole nitrogens is 1. The average Bonchev–Trinajstić information content (AvgIpc) is 3.33. The zero-order valence-corrected chi connectivity index (χ0v) is 19.0. The predicted octanol–water partition coefficient (Wildman–Crippen LogP) is 3.09. The molecule has 2 aromatic carbocycles. The largest absolute Gasteiger partial charge is 0.497 e. The third-order valence-corrected chi connectivity index (χ3v) is 4.44. The Balaban J connectivity index is 0.000000266. The van der Waals surface area contributed by atoms with E-state index in [0.717, 1.165) is 39.6 Å². The Morgan fingerprint density at radius 1 is 1.10 bits per heavy atom. The number of aromatic nitrogens is 3. The van der Waals surface area contributed by atoms with Crippen LogP contribution in [0.15, 0.2) is 42.7 Å². The number of nitrogens with zero attached hydrogens (tertiary/aromatic N) is 2. The Kier molecular flexibility index (Phi) is 11.4. The third kappa shape index (κ3) is 8.89. The summed E-state index contributed by atoms with van der Waals surface area (Å²) >= 11 is 1.43. The molecule has 0 saturated carbocycles. The molecular formula is C21H28N6O3S. The van der Waals surface area contributed by atoms with Crippen molar-refractivity contribution in [2.75, 3.05) is 20.5 Å². The van der Waals surface area contributed by atoms with Crippen molar-refractivity contribution < 1.29 is 14.3 Å². The second kappa shape index (κ2) is 13.8. The number of methoxy groups -OCH3 is 2. The Labute approximate surface area is 186 Å². The van der Waals surface area contributed by atoms with Gasteiger partial charge in [-0.25, -0.2) is 10.8 Å². The van der Waals surface area contributed by atoms with Gasteiger partial charge >= 0.3 is 0 Å². The molecule has 0 spiro atoms. The Morgan fingerprint density at radius 3 is 2.16 bits per heavy atom. The summed E-state index contributed by atoms with van der Waals surface area (Å²) in [4.78, 5) is 13.0. The number of aromatic amines is 1. The molecule has 0 aliphatic rings. The maximum Gasteiger partial charge on any atom is 0.221 e. The molecule has 10 heteroatoms. The number of nitrogens with one attached hydrogen (secondary N) is 3. The summed E-state index contributed by atoms with van der Waals surface area (Å²) in [5.74, 6) is 6.81. The smallest absolute Gasteiger partial charge is 0.221 e. The van der Waals surface area contributed by atoms with Crippen LogP contribution in [0.25, 0.3) is 11.4 Å². The van der Waals surface area contributed by atoms with Gasteiger partial charge in [-0.3, -0.25) is 20.7 Å². The lowest BCUT2D eigenvalue weighted by atomic mass is 10.1. The molecule has 0 radical (unpaired) electrons. The first kappa shape index (κ1) is 25.7. The minimum absolute atomic E-state index is 0.403. The number of hydrogen-bond donors (Lipinski definition) is 4. The quantitative estimate of drug-likeness (QED) is 0.118. The fraction of sp³-hybridized carbons (Fsp3) is 0.238. The highest BCUT2D eigenvalue weighted by molar-refractivity contribution is 8.13. The number of hydrogen-bond acceptors (Lipinski definition) is 8.